The molecule has 0 radical (unpaired) electrons. The number of furan rings is 1. The van der Waals surface area contributed by atoms with E-state index in [4.69, 9.17) is 20.8 Å². The minimum absolute atomic E-state index is 0.103. The minimum atomic E-state index is -0.494. The lowest BCUT2D eigenvalue weighted by molar-refractivity contribution is 0.0991. The van der Waals surface area contributed by atoms with Gasteiger partial charge in [0.2, 0.25) is 5.95 Å². The highest BCUT2D eigenvalue weighted by Gasteiger charge is 2.22. The highest BCUT2D eigenvalue weighted by Crippen LogP contribution is 2.32. The molecule has 39 heavy (non-hydrogen) atoms. The van der Waals surface area contributed by atoms with E-state index in [9.17, 15) is 9.18 Å². The number of rotatable bonds is 9. The lowest BCUT2D eigenvalue weighted by Gasteiger charge is -2.26. The van der Waals surface area contributed by atoms with Crippen molar-refractivity contribution in [1.82, 2.24) is 14.8 Å². The molecule has 0 aliphatic rings. The van der Waals surface area contributed by atoms with E-state index in [0.29, 0.717) is 17.1 Å². The number of amides is 1. The molecule has 0 spiro atoms. The Bertz CT molecular complexity index is 1580. The summed E-state index contributed by atoms with van der Waals surface area (Å²) < 4.78 is 26.3. The molecule has 7 nitrogen and oxygen atoms in total. The van der Waals surface area contributed by atoms with E-state index in [0.717, 1.165) is 0 Å². The quantitative estimate of drug-likeness (QED) is 0.219. The van der Waals surface area contributed by atoms with Gasteiger partial charge in [0.1, 0.15) is 30.3 Å². The normalized spacial score (nSPS) is 11.4. The fraction of sp³-hybridized carbons (Fsp3) is 0.167. The van der Waals surface area contributed by atoms with Gasteiger partial charge in [0.25, 0.3) is 5.91 Å². The number of hydrogen-bond donors (Lipinski definition) is 1. The Hall–Kier alpha value is -4.43. The summed E-state index contributed by atoms with van der Waals surface area (Å²) >= 11 is 6.07. The van der Waals surface area contributed by atoms with Crippen molar-refractivity contribution in [2.45, 2.75) is 32.4 Å². The third-order valence-corrected chi connectivity index (χ3v) is 6.80. The maximum Gasteiger partial charge on any atom is 0.293 e. The summed E-state index contributed by atoms with van der Waals surface area (Å²) in [4.78, 5) is 16.7. The third kappa shape index (κ3) is 6.18. The van der Waals surface area contributed by atoms with Crippen LogP contribution in [0.15, 0.2) is 95.7 Å². The van der Waals surface area contributed by atoms with Crippen LogP contribution in [0.25, 0.3) is 0 Å². The van der Waals surface area contributed by atoms with Crippen molar-refractivity contribution >= 4 is 23.5 Å². The third-order valence-electron chi connectivity index (χ3n) is 6.45. The Morgan fingerprint density at radius 1 is 1.03 bits per heavy atom. The number of nitrogens with one attached hydrogen (secondary N) is 1. The van der Waals surface area contributed by atoms with Crippen LogP contribution in [-0.4, -0.2) is 20.7 Å². The molecule has 0 saturated carbocycles. The Labute approximate surface area is 230 Å². The van der Waals surface area contributed by atoms with E-state index < -0.39 is 11.7 Å². The van der Waals surface area contributed by atoms with Gasteiger partial charge in [-0.25, -0.2) is 14.1 Å². The second-order valence-corrected chi connectivity index (χ2v) is 9.93. The lowest BCUT2D eigenvalue weighted by Crippen LogP contribution is -2.18. The zero-order chi connectivity index (χ0) is 27.4. The topological polar surface area (TPSA) is 82.2 Å². The zero-order valence-electron chi connectivity index (χ0n) is 21.4. The number of halogens is 2. The smallest absolute Gasteiger partial charge is 0.293 e. The van der Waals surface area contributed by atoms with Gasteiger partial charge in [-0.05, 0) is 53.1 Å². The number of benzene rings is 3. The Kier molecular flexibility index (Phi) is 7.47. The van der Waals surface area contributed by atoms with Crippen LogP contribution >= 0.6 is 11.6 Å². The van der Waals surface area contributed by atoms with Gasteiger partial charge in [0.15, 0.2) is 5.76 Å². The summed E-state index contributed by atoms with van der Waals surface area (Å²) in [5.74, 6) is 0.488. The van der Waals surface area contributed by atoms with Gasteiger partial charge >= 0.3 is 0 Å². The standard InChI is InChI=1S/C30H26ClFN4O3/c1-30(2,21-6-4-3-5-7-21)22-9-12-24(13-10-22)38-18-25-14-15-27(39-25)28(37)34-29-33-19-36(35-29)17-20-8-11-23(32)16-26(20)31/h3-16,19H,17-18H2,1-2H3,(H,34,35,37). The highest BCUT2D eigenvalue weighted by molar-refractivity contribution is 6.31. The van der Waals surface area contributed by atoms with Crippen LogP contribution in [0.4, 0.5) is 10.3 Å². The second-order valence-electron chi connectivity index (χ2n) is 9.53. The van der Waals surface area contributed by atoms with Crippen molar-refractivity contribution in [2.24, 2.45) is 0 Å². The summed E-state index contributed by atoms with van der Waals surface area (Å²) in [5.41, 5.74) is 2.95. The van der Waals surface area contributed by atoms with Gasteiger partial charge in [-0.1, -0.05) is 74.0 Å². The molecule has 0 unspecified atom stereocenters. The molecule has 0 saturated heterocycles. The summed E-state index contributed by atoms with van der Waals surface area (Å²) in [6, 6.07) is 25.7. The van der Waals surface area contributed by atoms with E-state index in [1.54, 1.807) is 18.2 Å². The molecular formula is C30H26ClFN4O3. The maximum atomic E-state index is 13.3. The highest BCUT2D eigenvalue weighted by atomic mass is 35.5. The van der Waals surface area contributed by atoms with Crippen LogP contribution in [-0.2, 0) is 18.6 Å². The maximum absolute atomic E-state index is 13.3. The van der Waals surface area contributed by atoms with E-state index in [1.165, 1.54) is 34.3 Å². The molecular weight excluding hydrogens is 519 g/mol. The number of carbonyl (C=O) groups excluding carboxylic acids is 1. The lowest BCUT2D eigenvalue weighted by atomic mass is 9.78. The first-order valence-electron chi connectivity index (χ1n) is 12.3. The Morgan fingerprint density at radius 3 is 2.51 bits per heavy atom. The number of carbonyl (C=O) groups is 1. The van der Waals surface area contributed by atoms with E-state index in [-0.39, 0.29) is 35.3 Å². The number of nitrogens with zero attached hydrogens (tertiary/aromatic N) is 3. The summed E-state index contributed by atoms with van der Waals surface area (Å²) in [5, 5.41) is 7.10. The molecule has 2 heterocycles. The number of anilines is 1. The first-order chi connectivity index (χ1) is 18.8. The van der Waals surface area contributed by atoms with Crippen molar-refractivity contribution < 1.29 is 18.3 Å². The van der Waals surface area contributed by atoms with Gasteiger partial charge in [-0.2, -0.15) is 0 Å². The molecule has 1 N–H and O–H groups in total. The van der Waals surface area contributed by atoms with Gasteiger partial charge in [0.05, 0.1) is 6.54 Å². The first kappa shape index (κ1) is 26.2. The largest absolute Gasteiger partial charge is 0.486 e. The number of hydrogen-bond acceptors (Lipinski definition) is 5. The first-order valence-corrected chi connectivity index (χ1v) is 12.7. The SMILES string of the molecule is CC(C)(c1ccccc1)c1ccc(OCc2ccc(C(=O)Nc3ncn(Cc4ccc(F)cc4Cl)n3)o2)cc1. The molecule has 198 valence electrons. The van der Waals surface area contributed by atoms with Crippen LogP contribution in [0.5, 0.6) is 5.75 Å². The molecule has 2 aromatic heterocycles. The van der Waals surface area contributed by atoms with Gasteiger partial charge < -0.3 is 9.15 Å². The fourth-order valence-corrected chi connectivity index (χ4v) is 4.36. The summed E-state index contributed by atoms with van der Waals surface area (Å²) in [6.07, 6.45) is 1.45. The molecule has 5 rings (SSSR count). The van der Waals surface area contributed by atoms with Crippen molar-refractivity contribution in [3.8, 4) is 5.75 Å². The van der Waals surface area contributed by atoms with Crippen LogP contribution in [0.3, 0.4) is 0 Å². The molecule has 0 aliphatic heterocycles. The molecule has 0 atom stereocenters. The van der Waals surface area contributed by atoms with Crippen molar-refractivity contribution in [2.75, 3.05) is 5.32 Å². The second kappa shape index (κ2) is 11.1. The van der Waals surface area contributed by atoms with Crippen molar-refractivity contribution in [3.63, 3.8) is 0 Å². The van der Waals surface area contributed by atoms with E-state index >= 15 is 0 Å². The molecule has 1 amide bonds. The average Bonchev–Trinajstić information content (AvgIpc) is 3.59. The van der Waals surface area contributed by atoms with Gasteiger partial charge in [-0.15, -0.1) is 5.10 Å². The zero-order valence-corrected chi connectivity index (χ0v) is 22.2. The number of aromatic nitrogens is 3. The van der Waals surface area contributed by atoms with E-state index in [1.807, 2.05) is 30.3 Å². The predicted octanol–water partition coefficient (Wildman–Crippen LogP) is 6.87. The molecule has 3 aromatic carbocycles. The van der Waals surface area contributed by atoms with Crippen LogP contribution in [0, 0.1) is 5.82 Å². The van der Waals surface area contributed by atoms with Crippen LogP contribution in [0.2, 0.25) is 5.02 Å². The number of ether oxygens (including phenoxy) is 1. The van der Waals surface area contributed by atoms with Crippen molar-refractivity contribution in [3.05, 3.63) is 130 Å². The fourth-order valence-electron chi connectivity index (χ4n) is 4.14. The molecule has 9 heteroatoms. The van der Waals surface area contributed by atoms with Gasteiger partial charge in [0, 0.05) is 10.4 Å². The molecule has 0 fully saturated rings. The molecule has 0 aliphatic carbocycles. The Balaban J connectivity index is 1.15. The summed E-state index contributed by atoms with van der Waals surface area (Å²) in [7, 11) is 0. The van der Waals surface area contributed by atoms with E-state index in [2.05, 4.69) is 53.5 Å². The summed E-state index contributed by atoms with van der Waals surface area (Å²) in [6.45, 7) is 4.82. The van der Waals surface area contributed by atoms with Crippen molar-refractivity contribution in [1.29, 1.82) is 0 Å². The average molecular weight is 545 g/mol. The molecule has 0 bridgehead atoms. The Morgan fingerprint density at radius 2 is 1.77 bits per heavy atom. The van der Waals surface area contributed by atoms with Gasteiger partial charge in [-0.3, -0.25) is 10.1 Å². The predicted molar refractivity (Wildman–Crippen MR) is 147 cm³/mol. The molecule has 5 aromatic rings. The van der Waals surface area contributed by atoms with Crippen LogP contribution in [0.1, 0.15) is 46.9 Å². The monoisotopic (exact) mass is 544 g/mol. The minimum Gasteiger partial charge on any atom is -0.486 e. The van der Waals surface area contributed by atoms with Crippen LogP contribution < -0.4 is 10.1 Å².